The van der Waals surface area contributed by atoms with Crippen molar-refractivity contribution in [3.05, 3.63) is 0 Å². The average Bonchev–Trinajstić information content (AvgIpc) is 2.20. The first-order chi connectivity index (χ1) is 7.11. The molecule has 6 N–H and O–H groups in total. The van der Waals surface area contributed by atoms with E-state index in [4.69, 9.17) is 26.2 Å². The van der Waals surface area contributed by atoms with Gasteiger partial charge in [0, 0.05) is 0 Å². The minimum Gasteiger partial charge on any atom is -0.369 e. The molecule has 0 amide bonds. The molecule has 0 aliphatic rings. The molecule has 0 saturated heterocycles. The maximum Gasteiger partial charge on any atom is 0.263 e. The number of hydroxylamine groups is 2. The van der Waals surface area contributed by atoms with E-state index in [0.29, 0.717) is 13.2 Å². The van der Waals surface area contributed by atoms with Gasteiger partial charge in [0.15, 0.2) is 0 Å². The van der Waals surface area contributed by atoms with Gasteiger partial charge in [-0.2, -0.15) is 0 Å². The summed E-state index contributed by atoms with van der Waals surface area (Å²) in [6.45, 7) is 4.51. The van der Waals surface area contributed by atoms with Gasteiger partial charge in [-0.3, -0.25) is 21.7 Å². The summed E-state index contributed by atoms with van der Waals surface area (Å²) in [5.74, 6) is -0.479. The van der Waals surface area contributed by atoms with Crippen LogP contribution < -0.4 is 16.6 Å². The molecule has 0 unspecified atom stereocenters. The molecular weight excluding hydrogens is 200 g/mol. The molecule has 0 rings (SSSR count). The van der Waals surface area contributed by atoms with Crippen molar-refractivity contribution in [2.24, 2.45) is 5.73 Å². The van der Waals surface area contributed by atoms with Crippen LogP contribution in [0.4, 0.5) is 0 Å². The maximum absolute atomic E-state index is 7.47. The Kier molecular flexibility index (Phi) is 7.02. The summed E-state index contributed by atoms with van der Waals surface area (Å²) < 4.78 is 0. The second-order valence-corrected chi connectivity index (χ2v) is 2.52. The minimum atomic E-state index is -0.299. The average molecular weight is 218 g/mol. The Morgan fingerprint density at radius 3 is 2.40 bits per heavy atom. The largest absolute Gasteiger partial charge is 0.369 e. The predicted octanol–water partition coefficient (Wildman–Crippen LogP) is -0.496. The van der Waals surface area contributed by atoms with Crippen LogP contribution in [0, 0.1) is 10.8 Å². The van der Waals surface area contributed by atoms with Crippen molar-refractivity contribution in [2.75, 3.05) is 13.2 Å². The molecule has 0 atom stereocenters. The van der Waals surface area contributed by atoms with Gasteiger partial charge in [-0.05, 0) is 13.3 Å². The molecule has 88 valence electrons. The monoisotopic (exact) mass is 218 g/mol. The van der Waals surface area contributed by atoms with Crippen molar-refractivity contribution in [3.8, 4) is 0 Å². The summed E-state index contributed by atoms with van der Waals surface area (Å²) in [5.41, 5.74) is 9.61. The molecule has 0 aromatic carbocycles. The lowest BCUT2D eigenvalue weighted by Crippen LogP contribution is -2.51. The number of nitrogens with one attached hydrogen (secondary N) is 4. The quantitative estimate of drug-likeness (QED) is 0.241. The zero-order chi connectivity index (χ0) is 11.7. The number of nitrogens with zero attached hydrogens (tertiary/aromatic N) is 1. The van der Waals surface area contributed by atoms with Crippen LogP contribution in [0.15, 0.2) is 0 Å². The Morgan fingerprint density at radius 2 is 1.93 bits per heavy atom. The molecule has 8 heteroatoms. The van der Waals surface area contributed by atoms with Crippen LogP contribution in [0.5, 0.6) is 0 Å². The Hall–Kier alpha value is -1.54. The molecule has 0 bridgehead atoms. The van der Waals surface area contributed by atoms with Crippen LogP contribution in [0.25, 0.3) is 0 Å². The van der Waals surface area contributed by atoms with Crippen molar-refractivity contribution < 1.29 is 9.68 Å². The van der Waals surface area contributed by atoms with Crippen LogP contribution in [0.2, 0.25) is 0 Å². The fourth-order valence-corrected chi connectivity index (χ4v) is 0.630. The molecule has 0 radical (unpaired) electrons. The normalized spacial score (nSPS) is 9.47. The molecule has 0 fully saturated rings. The zero-order valence-corrected chi connectivity index (χ0v) is 8.96. The first-order valence-electron chi connectivity index (χ1n) is 4.62. The molecule has 15 heavy (non-hydrogen) atoms. The molecule has 0 spiro atoms. The van der Waals surface area contributed by atoms with Gasteiger partial charge in [0.2, 0.25) is 5.96 Å². The predicted molar refractivity (Wildman–Crippen MR) is 55.6 cm³/mol. The summed E-state index contributed by atoms with van der Waals surface area (Å²) in [4.78, 5) is 10.1. The molecule has 8 nitrogen and oxygen atoms in total. The number of hydrazine groups is 1. The van der Waals surface area contributed by atoms with Crippen LogP contribution in [-0.4, -0.2) is 30.4 Å². The van der Waals surface area contributed by atoms with E-state index < -0.39 is 0 Å². The van der Waals surface area contributed by atoms with Gasteiger partial charge >= 0.3 is 0 Å². The molecular formula is C7H18N6O2. The van der Waals surface area contributed by atoms with Gasteiger partial charge in [0.05, 0.1) is 13.2 Å². The summed E-state index contributed by atoms with van der Waals surface area (Å²) in [7, 11) is 0. The maximum atomic E-state index is 7.47. The molecule has 0 aliphatic carbocycles. The summed E-state index contributed by atoms with van der Waals surface area (Å²) in [5, 5.41) is 15.3. The van der Waals surface area contributed by atoms with Crippen LogP contribution in [0.3, 0.4) is 0 Å². The van der Waals surface area contributed by atoms with Crippen molar-refractivity contribution in [2.45, 2.75) is 20.3 Å². The number of guanidine groups is 2. The SMILES string of the molecule is CCCON(OCC)C(=N)NNC(=N)N. The summed E-state index contributed by atoms with van der Waals surface area (Å²) in [6.07, 6.45) is 0.803. The number of hydrogen-bond acceptors (Lipinski definition) is 4. The highest BCUT2D eigenvalue weighted by molar-refractivity contribution is 5.80. The number of hydrogen-bond donors (Lipinski definition) is 5. The number of rotatable bonds is 5. The third-order valence-corrected chi connectivity index (χ3v) is 1.16. The zero-order valence-electron chi connectivity index (χ0n) is 8.96. The lowest BCUT2D eigenvalue weighted by molar-refractivity contribution is -0.317. The highest BCUT2D eigenvalue weighted by Crippen LogP contribution is 1.93. The van der Waals surface area contributed by atoms with E-state index in [-0.39, 0.29) is 11.9 Å². The fourth-order valence-electron chi connectivity index (χ4n) is 0.630. The van der Waals surface area contributed by atoms with Crippen LogP contribution >= 0.6 is 0 Å². The van der Waals surface area contributed by atoms with Crippen molar-refractivity contribution in [1.29, 1.82) is 10.8 Å². The van der Waals surface area contributed by atoms with Crippen LogP contribution in [-0.2, 0) is 9.68 Å². The van der Waals surface area contributed by atoms with E-state index in [1.54, 1.807) is 6.92 Å². The van der Waals surface area contributed by atoms with Gasteiger partial charge in [0.1, 0.15) is 0 Å². The second kappa shape index (κ2) is 7.83. The lowest BCUT2D eigenvalue weighted by Gasteiger charge is -2.22. The highest BCUT2D eigenvalue weighted by atomic mass is 17.0. The van der Waals surface area contributed by atoms with E-state index in [1.807, 2.05) is 6.92 Å². The van der Waals surface area contributed by atoms with Gasteiger partial charge in [-0.25, -0.2) is 9.68 Å². The molecule has 0 aromatic rings. The Labute approximate surface area is 88.6 Å². The van der Waals surface area contributed by atoms with E-state index in [9.17, 15) is 0 Å². The molecule has 0 heterocycles. The van der Waals surface area contributed by atoms with Gasteiger partial charge < -0.3 is 5.73 Å². The lowest BCUT2D eigenvalue weighted by atomic mass is 10.5. The van der Waals surface area contributed by atoms with Crippen LogP contribution in [0.1, 0.15) is 20.3 Å². The molecule has 0 aliphatic heterocycles. The molecule has 0 aromatic heterocycles. The molecule has 0 saturated carbocycles. The Balaban J connectivity index is 3.97. The van der Waals surface area contributed by atoms with Gasteiger partial charge in [0.25, 0.3) is 5.96 Å². The van der Waals surface area contributed by atoms with E-state index in [1.165, 1.54) is 0 Å². The van der Waals surface area contributed by atoms with E-state index in [2.05, 4.69) is 10.9 Å². The number of nitrogens with two attached hydrogens (primary N) is 1. The van der Waals surface area contributed by atoms with Gasteiger partial charge in [-0.15, -0.1) is 0 Å². The van der Waals surface area contributed by atoms with E-state index in [0.717, 1.165) is 11.6 Å². The Morgan fingerprint density at radius 1 is 1.27 bits per heavy atom. The highest BCUT2D eigenvalue weighted by Gasteiger charge is 2.10. The topological polar surface area (TPSA) is 119 Å². The Bertz CT molecular complexity index is 210. The van der Waals surface area contributed by atoms with Gasteiger partial charge in [-0.1, -0.05) is 12.2 Å². The summed E-state index contributed by atoms with van der Waals surface area (Å²) >= 11 is 0. The van der Waals surface area contributed by atoms with Crippen molar-refractivity contribution >= 4 is 11.9 Å². The standard InChI is InChI=1S/C7H18N6O2/c1-3-5-15-13(14-4-2)7(10)12-11-6(8)9/h3-5H2,1-2H3,(H2,10,12)(H4,8,9,11). The minimum absolute atomic E-state index is 0.180. The van der Waals surface area contributed by atoms with Crippen molar-refractivity contribution in [3.63, 3.8) is 0 Å². The smallest absolute Gasteiger partial charge is 0.263 e. The summed E-state index contributed by atoms with van der Waals surface area (Å²) in [6, 6.07) is 0. The fraction of sp³-hybridized carbons (Fsp3) is 0.714. The first kappa shape index (κ1) is 13.5. The second-order valence-electron chi connectivity index (χ2n) is 2.52. The first-order valence-corrected chi connectivity index (χ1v) is 4.62. The van der Waals surface area contributed by atoms with E-state index >= 15 is 0 Å². The van der Waals surface area contributed by atoms with Crippen molar-refractivity contribution in [1.82, 2.24) is 16.1 Å². The third kappa shape index (κ3) is 6.52. The third-order valence-electron chi connectivity index (χ3n) is 1.16.